The van der Waals surface area contributed by atoms with Crippen LogP contribution in [0.25, 0.3) is 0 Å². The average Bonchev–Trinajstić information content (AvgIpc) is 2.15. The van der Waals surface area contributed by atoms with Crippen molar-refractivity contribution in [2.75, 3.05) is 13.1 Å². The normalized spacial score (nSPS) is 20.6. The minimum Gasteiger partial charge on any atom is -0.292 e. The highest BCUT2D eigenvalue weighted by Gasteiger charge is 2.14. The summed E-state index contributed by atoms with van der Waals surface area (Å²) in [6.07, 6.45) is 0. The number of carbonyl (C=O) groups excluding carboxylic acids is 1. The predicted octanol–water partition coefficient (Wildman–Crippen LogP) is -0.258. The molecule has 0 atom stereocenters. The van der Waals surface area contributed by atoms with Crippen LogP contribution in [0.2, 0.25) is 0 Å². The molecule has 0 spiro atoms. The van der Waals surface area contributed by atoms with Gasteiger partial charge < -0.3 is 0 Å². The Morgan fingerprint density at radius 3 is 2.56 bits per heavy atom. The Hall–Kier alpha value is -0.0600. The highest BCUT2D eigenvalue weighted by atomic mass is 32.2. The molecule has 2 N–H and O–H groups in total. The molecule has 1 fully saturated rings. The summed E-state index contributed by atoms with van der Waals surface area (Å²) in [4.78, 5) is 10.5. The molecule has 0 aromatic rings. The van der Waals surface area contributed by atoms with Crippen LogP contribution in [-0.2, 0) is 4.79 Å². The van der Waals surface area contributed by atoms with Gasteiger partial charge in [-0.2, -0.15) is 0 Å². The van der Waals surface area contributed by atoms with Crippen LogP contribution < -0.4 is 10.6 Å². The number of thioether (sulfide) groups is 1. The topological polar surface area (TPSA) is 41.1 Å². The monoisotopic (exact) mass is 146 g/mol. The van der Waals surface area contributed by atoms with E-state index in [1.54, 1.807) is 6.92 Å². The first-order valence-electron chi connectivity index (χ1n) is 2.93. The summed E-state index contributed by atoms with van der Waals surface area (Å²) in [7, 11) is 0. The molecule has 0 aliphatic carbocycles. The lowest BCUT2D eigenvalue weighted by atomic mass is 10.7. The summed E-state index contributed by atoms with van der Waals surface area (Å²) in [6.45, 7) is 3.50. The minimum absolute atomic E-state index is 0.155. The van der Waals surface area contributed by atoms with Gasteiger partial charge in [0.1, 0.15) is 5.50 Å². The standard InChI is InChI=1S/C5H10N2OS/c1-4(8)9-5-6-2-3-7-5/h5-7H,2-3H2,1H3. The van der Waals surface area contributed by atoms with Crippen LogP contribution in [0.5, 0.6) is 0 Å². The number of hydrogen-bond acceptors (Lipinski definition) is 4. The summed E-state index contributed by atoms with van der Waals surface area (Å²) in [6, 6.07) is 0. The first-order valence-corrected chi connectivity index (χ1v) is 3.81. The molecule has 3 nitrogen and oxygen atoms in total. The number of rotatable bonds is 1. The Labute approximate surface area is 58.6 Å². The molecule has 1 aliphatic rings. The second-order valence-electron chi connectivity index (χ2n) is 1.90. The number of hydrogen-bond donors (Lipinski definition) is 2. The molecule has 52 valence electrons. The molecule has 0 aromatic carbocycles. The minimum atomic E-state index is 0.155. The molecule has 1 saturated heterocycles. The van der Waals surface area contributed by atoms with Crippen molar-refractivity contribution in [1.29, 1.82) is 0 Å². The van der Waals surface area contributed by atoms with E-state index in [2.05, 4.69) is 10.6 Å². The molecule has 4 heteroatoms. The van der Waals surface area contributed by atoms with Gasteiger partial charge in [-0.15, -0.1) is 0 Å². The second-order valence-corrected chi connectivity index (χ2v) is 3.18. The fourth-order valence-electron chi connectivity index (χ4n) is 0.728. The van der Waals surface area contributed by atoms with Gasteiger partial charge in [0.05, 0.1) is 0 Å². The van der Waals surface area contributed by atoms with Gasteiger partial charge in [-0.1, -0.05) is 11.8 Å². The highest BCUT2D eigenvalue weighted by molar-refractivity contribution is 8.14. The number of nitrogens with one attached hydrogen (secondary N) is 2. The largest absolute Gasteiger partial charge is 0.292 e. The summed E-state index contributed by atoms with van der Waals surface area (Å²) in [5.74, 6) is 0. The van der Waals surface area contributed by atoms with Crippen molar-refractivity contribution < 1.29 is 4.79 Å². The Morgan fingerprint density at radius 1 is 1.56 bits per heavy atom. The SMILES string of the molecule is CC(=O)SC1NCCN1. The highest BCUT2D eigenvalue weighted by Crippen LogP contribution is 2.07. The Balaban J connectivity index is 2.19. The van der Waals surface area contributed by atoms with E-state index in [4.69, 9.17) is 0 Å². The lowest BCUT2D eigenvalue weighted by Gasteiger charge is -2.05. The molecule has 0 aromatic heterocycles. The first kappa shape index (κ1) is 7.05. The zero-order valence-electron chi connectivity index (χ0n) is 5.31. The third-order valence-electron chi connectivity index (χ3n) is 1.07. The zero-order chi connectivity index (χ0) is 6.69. The molecule has 1 rings (SSSR count). The maximum Gasteiger partial charge on any atom is 0.188 e. The predicted molar refractivity (Wildman–Crippen MR) is 38.1 cm³/mol. The van der Waals surface area contributed by atoms with E-state index in [1.165, 1.54) is 11.8 Å². The summed E-state index contributed by atoms with van der Waals surface area (Å²) in [5.41, 5.74) is 0.155. The van der Waals surface area contributed by atoms with Crippen LogP contribution in [-0.4, -0.2) is 23.7 Å². The Morgan fingerprint density at radius 2 is 2.11 bits per heavy atom. The molecule has 0 unspecified atom stereocenters. The lowest BCUT2D eigenvalue weighted by Crippen LogP contribution is -2.27. The van der Waals surface area contributed by atoms with Gasteiger partial charge >= 0.3 is 0 Å². The average molecular weight is 146 g/mol. The fourth-order valence-corrected chi connectivity index (χ4v) is 1.46. The van der Waals surface area contributed by atoms with Crippen molar-refractivity contribution in [3.05, 3.63) is 0 Å². The van der Waals surface area contributed by atoms with Crippen LogP contribution in [0.3, 0.4) is 0 Å². The van der Waals surface area contributed by atoms with Crippen molar-refractivity contribution in [3.8, 4) is 0 Å². The Bertz CT molecular complexity index is 112. The molecule has 0 amide bonds. The third-order valence-corrected chi connectivity index (χ3v) is 1.97. The smallest absolute Gasteiger partial charge is 0.188 e. The van der Waals surface area contributed by atoms with E-state index in [9.17, 15) is 4.79 Å². The second kappa shape index (κ2) is 3.20. The molecule has 1 heterocycles. The summed E-state index contributed by atoms with van der Waals surface area (Å²) >= 11 is 1.30. The van der Waals surface area contributed by atoms with Crippen LogP contribution in [0.15, 0.2) is 0 Å². The summed E-state index contributed by atoms with van der Waals surface area (Å²) in [5, 5.41) is 6.39. The van der Waals surface area contributed by atoms with Crippen LogP contribution >= 0.6 is 11.8 Å². The number of carbonyl (C=O) groups is 1. The molecule has 0 bridgehead atoms. The maximum absolute atomic E-state index is 10.5. The van der Waals surface area contributed by atoms with Gasteiger partial charge in [0.25, 0.3) is 0 Å². The van der Waals surface area contributed by atoms with Crippen molar-refractivity contribution in [2.24, 2.45) is 0 Å². The van der Waals surface area contributed by atoms with Crippen molar-refractivity contribution in [2.45, 2.75) is 12.4 Å². The van der Waals surface area contributed by atoms with Gasteiger partial charge in [0.15, 0.2) is 5.12 Å². The van der Waals surface area contributed by atoms with E-state index in [0.29, 0.717) is 0 Å². The van der Waals surface area contributed by atoms with E-state index in [0.717, 1.165) is 13.1 Å². The molecule has 0 radical (unpaired) electrons. The Kier molecular flexibility index (Phi) is 2.50. The van der Waals surface area contributed by atoms with Crippen molar-refractivity contribution in [3.63, 3.8) is 0 Å². The quantitative estimate of drug-likeness (QED) is 0.535. The van der Waals surface area contributed by atoms with Gasteiger partial charge in [-0.3, -0.25) is 15.4 Å². The molecule has 1 aliphatic heterocycles. The summed E-state index contributed by atoms with van der Waals surface area (Å²) < 4.78 is 0. The first-order chi connectivity index (χ1) is 4.29. The van der Waals surface area contributed by atoms with E-state index >= 15 is 0 Å². The fraction of sp³-hybridized carbons (Fsp3) is 0.800. The molecule has 0 saturated carbocycles. The van der Waals surface area contributed by atoms with Crippen LogP contribution in [0, 0.1) is 0 Å². The van der Waals surface area contributed by atoms with Crippen molar-refractivity contribution in [1.82, 2.24) is 10.6 Å². The maximum atomic E-state index is 10.5. The van der Waals surface area contributed by atoms with Gasteiger partial charge in [0, 0.05) is 20.0 Å². The molecular formula is C5H10N2OS. The van der Waals surface area contributed by atoms with Crippen LogP contribution in [0.4, 0.5) is 0 Å². The van der Waals surface area contributed by atoms with E-state index in [1.807, 2.05) is 0 Å². The van der Waals surface area contributed by atoms with E-state index in [-0.39, 0.29) is 10.6 Å². The molecule has 9 heavy (non-hydrogen) atoms. The van der Waals surface area contributed by atoms with E-state index < -0.39 is 0 Å². The zero-order valence-corrected chi connectivity index (χ0v) is 6.12. The van der Waals surface area contributed by atoms with Gasteiger partial charge in [0.2, 0.25) is 0 Å². The van der Waals surface area contributed by atoms with Crippen LogP contribution in [0.1, 0.15) is 6.92 Å². The van der Waals surface area contributed by atoms with Crippen molar-refractivity contribution >= 4 is 16.9 Å². The molecular weight excluding hydrogens is 136 g/mol. The third kappa shape index (κ3) is 2.34. The van der Waals surface area contributed by atoms with Gasteiger partial charge in [-0.25, -0.2) is 0 Å². The lowest BCUT2D eigenvalue weighted by molar-refractivity contribution is -0.109. The van der Waals surface area contributed by atoms with Gasteiger partial charge in [-0.05, 0) is 0 Å².